The van der Waals surface area contributed by atoms with Gasteiger partial charge in [-0.25, -0.2) is 13.4 Å². The fraction of sp³-hybridized carbons (Fsp3) is 0.143. The highest BCUT2D eigenvalue weighted by atomic mass is 32.2. The fourth-order valence-electron chi connectivity index (χ4n) is 2.00. The summed E-state index contributed by atoms with van der Waals surface area (Å²) in [6.45, 7) is 3.73. The zero-order valence-corrected chi connectivity index (χ0v) is 12.4. The molecule has 0 saturated carbocycles. The van der Waals surface area contributed by atoms with Crippen molar-refractivity contribution < 1.29 is 8.42 Å². The Hall–Kier alpha value is -2.41. The van der Waals surface area contributed by atoms with Crippen LogP contribution in [0.2, 0.25) is 0 Å². The Bertz CT molecular complexity index is 898. The van der Waals surface area contributed by atoms with Crippen LogP contribution in [-0.4, -0.2) is 23.0 Å². The van der Waals surface area contributed by atoms with Crippen molar-refractivity contribution in [3.05, 3.63) is 53.9 Å². The zero-order valence-electron chi connectivity index (χ0n) is 11.6. The molecule has 0 aliphatic carbocycles. The molecule has 0 atom stereocenters. The minimum Gasteiger partial charge on any atom is -0.263 e. The van der Waals surface area contributed by atoms with E-state index in [4.69, 9.17) is 0 Å². The lowest BCUT2D eigenvalue weighted by Gasteiger charge is -2.09. The number of hydrogen-bond donors (Lipinski definition) is 1. The second-order valence-electron chi connectivity index (χ2n) is 4.80. The van der Waals surface area contributed by atoms with E-state index in [2.05, 4.69) is 14.8 Å². The Balaban J connectivity index is 2.03. The minimum absolute atomic E-state index is 0.210. The van der Waals surface area contributed by atoms with Crippen molar-refractivity contribution in [1.29, 1.82) is 0 Å². The van der Waals surface area contributed by atoms with Crippen LogP contribution in [0.4, 0.5) is 5.82 Å². The predicted octanol–water partition coefficient (Wildman–Crippen LogP) is 2.15. The smallest absolute Gasteiger partial charge is 0.263 e. The summed E-state index contributed by atoms with van der Waals surface area (Å²) in [5.74, 6) is 0.355. The molecule has 2 aromatic heterocycles. The number of fused-ring (bicyclic) bond motifs is 1. The number of rotatable bonds is 3. The van der Waals surface area contributed by atoms with Crippen LogP contribution < -0.4 is 4.72 Å². The monoisotopic (exact) mass is 302 g/mol. The van der Waals surface area contributed by atoms with Gasteiger partial charge in [0, 0.05) is 12.3 Å². The molecule has 0 bridgehead atoms. The lowest BCUT2D eigenvalue weighted by atomic mass is 10.2. The molecule has 1 N–H and O–H groups in total. The normalized spacial score (nSPS) is 11.7. The summed E-state index contributed by atoms with van der Waals surface area (Å²) < 4.78 is 28.8. The summed E-state index contributed by atoms with van der Waals surface area (Å²) in [4.78, 5) is 4.35. The van der Waals surface area contributed by atoms with Crippen molar-refractivity contribution in [2.45, 2.75) is 18.7 Å². The average Bonchev–Trinajstić information content (AvgIpc) is 2.80. The number of anilines is 1. The molecule has 1 aromatic carbocycles. The number of benzene rings is 1. The van der Waals surface area contributed by atoms with E-state index in [1.165, 1.54) is 4.52 Å². The van der Waals surface area contributed by atoms with E-state index in [0.717, 1.165) is 11.3 Å². The van der Waals surface area contributed by atoms with Crippen LogP contribution in [0.25, 0.3) is 5.65 Å². The summed E-state index contributed by atoms with van der Waals surface area (Å²) in [5, 5.41) is 4.23. The standard InChI is InChI=1S/C14H14N4O2S/c1-10-3-5-12(6-4-10)21(19,20)17-13-7-8-15-14-9-11(2)16-18(13)14/h3-9,17H,1-2H3. The van der Waals surface area contributed by atoms with Gasteiger partial charge in [-0.3, -0.25) is 4.72 Å². The summed E-state index contributed by atoms with van der Waals surface area (Å²) >= 11 is 0. The summed E-state index contributed by atoms with van der Waals surface area (Å²) in [7, 11) is -3.65. The van der Waals surface area contributed by atoms with Gasteiger partial charge in [-0.15, -0.1) is 0 Å². The van der Waals surface area contributed by atoms with Gasteiger partial charge >= 0.3 is 0 Å². The first-order chi connectivity index (χ1) is 9.95. The third kappa shape index (κ3) is 2.59. The van der Waals surface area contributed by atoms with Crippen LogP contribution in [0.1, 0.15) is 11.3 Å². The highest BCUT2D eigenvalue weighted by Gasteiger charge is 2.16. The number of nitrogens with zero attached hydrogens (tertiary/aromatic N) is 3. The van der Waals surface area contributed by atoms with Crippen LogP contribution >= 0.6 is 0 Å². The van der Waals surface area contributed by atoms with E-state index in [-0.39, 0.29) is 4.90 Å². The Morgan fingerprint density at radius 2 is 1.81 bits per heavy atom. The van der Waals surface area contributed by atoms with Crippen LogP contribution in [0, 0.1) is 13.8 Å². The van der Waals surface area contributed by atoms with Gasteiger partial charge in [-0.05, 0) is 32.0 Å². The van der Waals surface area contributed by atoms with Gasteiger partial charge < -0.3 is 0 Å². The maximum atomic E-state index is 12.4. The second kappa shape index (κ2) is 4.85. The van der Waals surface area contributed by atoms with Gasteiger partial charge in [-0.1, -0.05) is 17.7 Å². The van der Waals surface area contributed by atoms with Gasteiger partial charge in [-0.2, -0.15) is 9.61 Å². The first-order valence-corrected chi connectivity index (χ1v) is 7.85. The molecule has 0 amide bonds. The molecule has 7 heteroatoms. The number of aromatic nitrogens is 3. The van der Waals surface area contributed by atoms with Crippen molar-refractivity contribution in [3.63, 3.8) is 0 Å². The molecule has 3 rings (SSSR count). The second-order valence-corrected chi connectivity index (χ2v) is 6.49. The first-order valence-electron chi connectivity index (χ1n) is 6.36. The van der Waals surface area contributed by atoms with Gasteiger partial charge in [0.25, 0.3) is 10.0 Å². The van der Waals surface area contributed by atoms with Crippen LogP contribution in [-0.2, 0) is 10.0 Å². The van der Waals surface area contributed by atoms with Crippen molar-refractivity contribution in [1.82, 2.24) is 14.6 Å². The zero-order chi connectivity index (χ0) is 15.0. The molecule has 21 heavy (non-hydrogen) atoms. The predicted molar refractivity (Wildman–Crippen MR) is 79.7 cm³/mol. The molecule has 2 heterocycles. The summed E-state index contributed by atoms with van der Waals surface area (Å²) in [6.07, 6.45) is 1.55. The van der Waals surface area contributed by atoms with E-state index in [1.54, 1.807) is 42.6 Å². The molecule has 0 spiro atoms. The maximum absolute atomic E-state index is 12.4. The molecule has 108 valence electrons. The molecule has 3 aromatic rings. The quantitative estimate of drug-likeness (QED) is 0.804. The Kier molecular flexibility index (Phi) is 3.13. The van der Waals surface area contributed by atoms with Gasteiger partial charge in [0.15, 0.2) is 5.65 Å². The van der Waals surface area contributed by atoms with E-state index < -0.39 is 10.0 Å². The fourth-order valence-corrected chi connectivity index (χ4v) is 3.04. The number of aryl methyl sites for hydroxylation is 2. The Morgan fingerprint density at radius 3 is 2.52 bits per heavy atom. The van der Waals surface area contributed by atoms with Crippen LogP contribution in [0.5, 0.6) is 0 Å². The van der Waals surface area contributed by atoms with Gasteiger partial charge in [0.2, 0.25) is 0 Å². The molecule has 0 aliphatic heterocycles. The third-order valence-corrected chi connectivity index (χ3v) is 4.42. The lowest BCUT2D eigenvalue weighted by Crippen LogP contribution is -2.15. The third-order valence-electron chi connectivity index (χ3n) is 3.05. The van der Waals surface area contributed by atoms with Crippen LogP contribution in [0.15, 0.2) is 47.5 Å². The average molecular weight is 302 g/mol. The van der Waals surface area contributed by atoms with Crippen molar-refractivity contribution in [2.24, 2.45) is 0 Å². The van der Waals surface area contributed by atoms with E-state index in [0.29, 0.717) is 11.5 Å². The molecular formula is C14H14N4O2S. The van der Waals surface area contributed by atoms with E-state index in [1.807, 2.05) is 13.8 Å². The van der Waals surface area contributed by atoms with Crippen LogP contribution in [0.3, 0.4) is 0 Å². The number of hydrogen-bond acceptors (Lipinski definition) is 4. The number of nitrogens with one attached hydrogen (secondary N) is 1. The molecule has 0 radical (unpaired) electrons. The Morgan fingerprint density at radius 1 is 1.10 bits per heavy atom. The summed E-state index contributed by atoms with van der Waals surface area (Å²) in [5.41, 5.74) is 2.36. The number of sulfonamides is 1. The topological polar surface area (TPSA) is 76.4 Å². The molecule has 0 fully saturated rings. The molecule has 0 aliphatic rings. The SMILES string of the molecule is Cc1ccc(S(=O)(=O)Nc2ccnc3cc(C)nn23)cc1. The lowest BCUT2D eigenvalue weighted by molar-refractivity contribution is 0.600. The van der Waals surface area contributed by atoms with Crippen molar-refractivity contribution >= 4 is 21.5 Å². The van der Waals surface area contributed by atoms with Gasteiger partial charge in [0.05, 0.1) is 10.6 Å². The molecular weight excluding hydrogens is 288 g/mol. The molecule has 0 unspecified atom stereocenters. The van der Waals surface area contributed by atoms with Gasteiger partial charge in [0.1, 0.15) is 5.82 Å². The maximum Gasteiger partial charge on any atom is 0.263 e. The minimum atomic E-state index is -3.65. The van der Waals surface area contributed by atoms with Crippen molar-refractivity contribution in [2.75, 3.05) is 4.72 Å². The highest BCUT2D eigenvalue weighted by Crippen LogP contribution is 2.17. The largest absolute Gasteiger partial charge is 0.263 e. The Labute approximate surface area is 122 Å². The summed E-state index contributed by atoms with van der Waals surface area (Å²) in [6, 6.07) is 10.0. The van der Waals surface area contributed by atoms with Crippen molar-refractivity contribution in [3.8, 4) is 0 Å². The van der Waals surface area contributed by atoms with E-state index >= 15 is 0 Å². The first kappa shape index (κ1) is 13.6. The molecule has 0 saturated heterocycles. The van der Waals surface area contributed by atoms with E-state index in [9.17, 15) is 8.42 Å². The molecule has 6 nitrogen and oxygen atoms in total. The highest BCUT2D eigenvalue weighted by molar-refractivity contribution is 7.92.